The predicted molar refractivity (Wildman–Crippen MR) is 91.7 cm³/mol. The number of aromatic nitrogens is 2. The van der Waals surface area contributed by atoms with Crippen molar-refractivity contribution < 1.29 is 18.4 Å². The molecule has 26 heavy (non-hydrogen) atoms. The minimum atomic E-state index is -2.83. The molecule has 1 aliphatic heterocycles. The van der Waals surface area contributed by atoms with Crippen LogP contribution in [0.3, 0.4) is 0 Å². The van der Waals surface area contributed by atoms with E-state index in [1.165, 1.54) is 17.4 Å². The van der Waals surface area contributed by atoms with Crippen LogP contribution in [-0.2, 0) is 16.9 Å². The first-order chi connectivity index (χ1) is 12.4. The van der Waals surface area contributed by atoms with Gasteiger partial charge in [-0.2, -0.15) is 8.78 Å². The molecule has 1 unspecified atom stereocenters. The second-order valence-electron chi connectivity index (χ2n) is 6.09. The zero-order chi connectivity index (χ0) is 18.5. The molecule has 3 heterocycles. The molecule has 0 spiro atoms. The number of para-hydroxylation sites is 2. The zero-order valence-electron chi connectivity index (χ0n) is 13.6. The number of urea groups is 1. The van der Waals surface area contributed by atoms with Gasteiger partial charge in [0.15, 0.2) is 5.54 Å². The van der Waals surface area contributed by atoms with Crippen molar-refractivity contribution in [3.63, 3.8) is 0 Å². The molecular weight excluding hydrogens is 362 g/mol. The maximum Gasteiger partial charge on any atom is 0.325 e. The van der Waals surface area contributed by atoms with E-state index in [0.29, 0.717) is 10.4 Å². The van der Waals surface area contributed by atoms with Crippen LogP contribution in [0.2, 0.25) is 0 Å². The number of imide groups is 1. The van der Waals surface area contributed by atoms with Crippen molar-refractivity contribution in [3.8, 4) is 0 Å². The number of rotatable bonds is 4. The molecular formula is C17H14F2N4O2S. The third-order valence-corrected chi connectivity index (χ3v) is 5.54. The summed E-state index contributed by atoms with van der Waals surface area (Å²) in [6, 6.07) is 9.37. The van der Waals surface area contributed by atoms with Crippen molar-refractivity contribution in [2.75, 3.05) is 0 Å². The molecule has 1 aromatic carbocycles. The van der Waals surface area contributed by atoms with Crippen molar-refractivity contribution in [3.05, 3.63) is 52.5 Å². The highest BCUT2D eigenvalue weighted by Gasteiger charge is 2.50. The number of hydrogen-bond donors (Lipinski definition) is 1. The van der Waals surface area contributed by atoms with Crippen LogP contribution in [0.25, 0.3) is 11.0 Å². The van der Waals surface area contributed by atoms with E-state index < -0.39 is 24.0 Å². The standard InChI is InChI=1S/C17H14F2N4O2S/c1-17(12-7-4-8-26-12)14(24)22(16(25)21-17)9-13-20-10-5-2-3-6-11(10)23(13)15(18)19/h2-8,15H,9H2,1H3,(H,21,25). The van der Waals surface area contributed by atoms with Gasteiger partial charge in [-0.3, -0.25) is 14.3 Å². The molecule has 4 rings (SSSR count). The third kappa shape index (κ3) is 2.38. The largest absolute Gasteiger partial charge is 0.325 e. The van der Waals surface area contributed by atoms with Crippen LogP contribution in [0.15, 0.2) is 41.8 Å². The lowest BCUT2D eigenvalue weighted by molar-refractivity contribution is -0.131. The van der Waals surface area contributed by atoms with Gasteiger partial charge in [-0.25, -0.2) is 9.78 Å². The van der Waals surface area contributed by atoms with Crippen molar-refractivity contribution in [1.82, 2.24) is 19.8 Å². The summed E-state index contributed by atoms with van der Waals surface area (Å²) in [6.45, 7) is -1.55. The van der Waals surface area contributed by atoms with E-state index in [0.717, 1.165) is 9.47 Å². The summed E-state index contributed by atoms with van der Waals surface area (Å²) in [5.74, 6) is -0.530. The SMILES string of the molecule is CC1(c2cccs2)NC(=O)N(Cc2nc3ccccc3n2C(F)F)C1=O. The lowest BCUT2D eigenvalue weighted by atomic mass is 10.0. The van der Waals surface area contributed by atoms with Crippen LogP contribution in [0.5, 0.6) is 0 Å². The van der Waals surface area contributed by atoms with E-state index in [2.05, 4.69) is 10.3 Å². The van der Waals surface area contributed by atoms with E-state index in [9.17, 15) is 18.4 Å². The van der Waals surface area contributed by atoms with Crippen LogP contribution in [0.1, 0.15) is 24.2 Å². The Morgan fingerprint density at radius 3 is 2.69 bits per heavy atom. The van der Waals surface area contributed by atoms with E-state index in [4.69, 9.17) is 0 Å². The van der Waals surface area contributed by atoms with Gasteiger partial charge in [-0.05, 0) is 30.5 Å². The Morgan fingerprint density at radius 2 is 2.00 bits per heavy atom. The molecule has 0 bridgehead atoms. The molecule has 1 saturated heterocycles. The summed E-state index contributed by atoms with van der Waals surface area (Å²) in [6.07, 6.45) is 0. The van der Waals surface area contributed by atoms with E-state index in [-0.39, 0.29) is 17.9 Å². The number of nitrogens with zero attached hydrogens (tertiary/aromatic N) is 3. The second kappa shape index (κ2) is 5.87. The third-order valence-electron chi connectivity index (χ3n) is 4.45. The summed E-state index contributed by atoms with van der Waals surface area (Å²) < 4.78 is 27.9. The van der Waals surface area contributed by atoms with Gasteiger partial charge in [0.2, 0.25) is 0 Å². The molecule has 6 nitrogen and oxygen atoms in total. The molecule has 3 amide bonds. The molecule has 0 radical (unpaired) electrons. The van der Waals surface area contributed by atoms with E-state index >= 15 is 0 Å². The summed E-state index contributed by atoms with van der Waals surface area (Å²) in [7, 11) is 0. The maximum atomic E-state index is 13.6. The summed E-state index contributed by atoms with van der Waals surface area (Å²) in [5.41, 5.74) is -0.561. The average molecular weight is 376 g/mol. The van der Waals surface area contributed by atoms with Gasteiger partial charge in [0.1, 0.15) is 5.82 Å². The number of hydrogen-bond acceptors (Lipinski definition) is 4. The van der Waals surface area contributed by atoms with Crippen LogP contribution >= 0.6 is 11.3 Å². The molecule has 3 aromatic rings. The second-order valence-corrected chi connectivity index (χ2v) is 7.04. The summed E-state index contributed by atoms with van der Waals surface area (Å²) >= 11 is 1.34. The van der Waals surface area contributed by atoms with E-state index in [1.807, 2.05) is 0 Å². The fraction of sp³-hybridized carbons (Fsp3) is 0.235. The van der Waals surface area contributed by atoms with Gasteiger partial charge in [-0.1, -0.05) is 18.2 Å². The Labute approximate surface area is 151 Å². The molecule has 1 N–H and O–H groups in total. The number of carbonyl (C=O) groups is 2. The van der Waals surface area contributed by atoms with Crippen LogP contribution in [0.4, 0.5) is 13.6 Å². The number of carbonyl (C=O) groups excluding carboxylic acids is 2. The van der Waals surface area contributed by atoms with Crippen LogP contribution in [0, 0.1) is 0 Å². The van der Waals surface area contributed by atoms with Gasteiger partial charge >= 0.3 is 12.6 Å². The minimum Gasteiger partial charge on any atom is -0.319 e. The lowest BCUT2D eigenvalue weighted by Crippen LogP contribution is -2.40. The minimum absolute atomic E-state index is 0.0415. The Hall–Kier alpha value is -2.81. The first-order valence-corrected chi connectivity index (χ1v) is 8.72. The van der Waals surface area contributed by atoms with Crippen molar-refractivity contribution >= 4 is 34.3 Å². The fourth-order valence-electron chi connectivity index (χ4n) is 3.14. The number of imidazole rings is 1. The molecule has 1 fully saturated rings. The smallest absolute Gasteiger partial charge is 0.319 e. The normalized spacial score (nSPS) is 20.4. The molecule has 134 valence electrons. The summed E-state index contributed by atoms with van der Waals surface area (Å²) in [4.78, 5) is 31.0. The Bertz CT molecular complexity index is 1000. The van der Waals surface area contributed by atoms with Gasteiger partial charge in [0.05, 0.1) is 17.6 Å². The van der Waals surface area contributed by atoms with Gasteiger partial charge in [-0.15, -0.1) is 11.3 Å². The number of benzene rings is 1. The molecule has 1 atom stereocenters. The van der Waals surface area contributed by atoms with Crippen molar-refractivity contribution in [1.29, 1.82) is 0 Å². The molecule has 2 aromatic heterocycles. The number of thiophene rings is 1. The van der Waals surface area contributed by atoms with Crippen molar-refractivity contribution in [2.24, 2.45) is 0 Å². The van der Waals surface area contributed by atoms with Crippen LogP contribution < -0.4 is 5.32 Å². The van der Waals surface area contributed by atoms with Gasteiger partial charge in [0, 0.05) is 4.88 Å². The first-order valence-electron chi connectivity index (χ1n) is 7.84. The molecule has 0 aliphatic carbocycles. The maximum absolute atomic E-state index is 13.6. The highest BCUT2D eigenvalue weighted by molar-refractivity contribution is 7.10. The Kier molecular flexibility index (Phi) is 3.76. The molecule has 9 heteroatoms. The number of amides is 3. The van der Waals surface area contributed by atoms with Crippen LogP contribution in [-0.4, -0.2) is 26.4 Å². The first kappa shape index (κ1) is 16.6. The molecule has 0 saturated carbocycles. The van der Waals surface area contributed by atoms with Gasteiger partial charge < -0.3 is 5.32 Å². The Morgan fingerprint density at radius 1 is 1.23 bits per heavy atom. The lowest BCUT2D eigenvalue weighted by Gasteiger charge is -2.20. The van der Waals surface area contributed by atoms with Gasteiger partial charge in [0.25, 0.3) is 5.91 Å². The monoisotopic (exact) mass is 376 g/mol. The predicted octanol–water partition coefficient (Wildman–Crippen LogP) is 3.46. The topological polar surface area (TPSA) is 67.2 Å². The fourth-order valence-corrected chi connectivity index (χ4v) is 3.97. The quantitative estimate of drug-likeness (QED) is 0.709. The zero-order valence-corrected chi connectivity index (χ0v) is 14.5. The molecule has 1 aliphatic rings. The number of alkyl halides is 2. The Balaban J connectivity index is 1.72. The number of fused-ring (bicyclic) bond motifs is 1. The average Bonchev–Trinajstić information content (AvgIpc) is 3.29. The summed E-state index contributed by atoms with van der Waals surface area (Å²) in [5, 5.41) is 4.46. The highest BCUT2D eigenvalue weighted by atomic mass is 32.1. The number of nitrogens with one attached hydrogen (secondary N) is 1. The van der Waals surface area contributed by atoms with E-state index in [1.54, 1.807) is 42.6 Å². The highest BCUT2D eigenvalue weighted by Crippen LogP contribution is 2.33. The van der Waals surface area contributed by atoms with Crippen molar-refractivity contribution in [2.45, 2.75) is 25.6 Å². The number of halogens is 2.